The predicted octanol–water partition coefficient (Wildman–Crippen LogP) is 4.67. The molecular formula is C25H24BrN3O3. The number of benzene rings is 3. The van der Waals surface area contributed by atoms with Gasteiger partial charge in [0.2, 0.25) is 0 Å². The van der Waals surface area contributed by atoms with Gasteiger partial charge >= 0.3 is 0 Å². The molecule has 0 aromatic heterocycles. The number of anilines is 2. The molecule has 1 saturated heterocycles. The molecule has 32 heavy (non-hydrogen) atoms. The van der Waals surface area contributed by atoms with Crippen molar-refractivity contribution in [2.75, 3.05) is 43.5 Å². The van der Waals surface area contributed by atoms with E-state index in [1.165, 1.54) is 0 Å². The smallest absolute Gasteiger partial charge is 0.255 e. The lowest BCUT2D eigenvalue weighted by Crippen LogP contribution is -2.48. The number of ether oxygens (including phenoxy) is 1. The summed E-state index contributed by atoms with van der Waals surface area (Å²) in [5.41, 5.74) is 3.08. The number of rotatable bonds is 5. The third-order valence-electron chi connectivity index (χ3n) is 5.48. The van der Waals surface area contributed by atoms with Crippen molar-refractivity contribution in [3.63, 3.8) is 0 Å². The summed E-state index contributed by atoms with van der Waals surface area (Å²) in [6, 6.07) is 22.3. The number of amides is 2. The Kier molecular flexibility index (Phi) is 6.75. The van der Waals surface area contributed by atoms with Crippen molar-refractivity contribution in [2.24, 2.45) is 0 Å². The molecule has 164 valence electrons. The summed E-state index contributed by atoms with van der Waals surface area (Å²) >= 11 is 3.39. The van der Waals surface area contributed by atoms with Crippen LogP contribution >= 0.6 is 15.9 Å². The van der Waals surface area contributed by atoms with E-state index in [1.54, 1.807) is 43.5 Å². The molecule has 1 fully saturated rings. The zero-order valence-electron chi connectivity index (χ0n) is 17.8. The van der Waals surface area contributed by atoms with Crippen molar-refractivity contribution in [3.8, 4) is 5.75 Å². The molecule has 0 aliphatic carbocycles. The first kappa shape index (κ1) is 21.9. The van der Waals surface area contributed by atoms with Crippen LogP contribution in [0.4, 0.5) is 11.4 Å². The van der Waals surface area contributed by atoms with Crippen LogP contribution in [-0.4, -0.2) is 50.0 Å². The van der Waals surface area contributed by atoms with Gasteiger partial charge in [-0.25, -0.2) is 0 Å². The molecule has 3 aromatic carbocycles. The van der Waals surface area contributed by atoms with Gasteiger partial charge in [0.15, 0.2) is 0 Å². The van der Waals surface area contributed by atoms with Gasteiger partial charge in [-0.1, -0.05) is 22.0 Å². The first-order valence-electron chi connectivity index (χ1n) is 10.4. The summed E-state index contributed by atoms with van der Waals surface area (Å²) < 4.78 is 6.02. The van der Waals surface area contributed by atoms with Crippen LogP contribution in [0.25, 0.3) is 0 Å². The van der Waals surface area contributed by atoms with Crippen molar-refractivity contribution in [2.45, 2.75) is 0 Å². The van der Waals surface area contributed by atoms with Crippen LogP contribution in [0.15, 0.2) is 77.3 Å². The minimum Gasteiger partial charge on any atom is -0.497 e. The molecule has 7 heteroatoms. The first-order valence-corrected chi connectivity index (χ1v) is 11.2. The summed E-state index contributed by atoms with van der Waals surface area (Å²) in [6.07, 6.45) is 0. The van der Waals surface area contributed by atoms with E-state index >= 15 is 0 Å². The van der Waals surface area contributed by atoms with E-state index in [0.29, 0.717) is 24.2 Å². The van der Waals surface area contributed by atoms with E-state index < -0.39 is 0 Å². The van der Waals surface area contributed by atoms with Crippen LogP contribution in [0, 0.1) is 0 Å². The van der Waals surface area contributed by atoms with Crippen LogP contribution in [0.1, 0.15) is 20.7 Å². The molecule has 0 spiro atoms. The molecule has 0 bridgehead atoms. The highest BCUT2D eigenvalue weighted by Gasteiger charge is 2.22. The second kappa shape index (κ2) is 9.87. The van der Waals surface area contributed by atoms with Crippen LogP contribution in [0.2, 0.25) is 0 Å². The second-order valence-electron chi connectivity index (χ2n) is 7.52. The normalized spacial score (nSPS) is 13.6. The largest absolute Gasteiger partial charge is 0.497 e. The minimum atomic E-state index is -0.148. The average Bonchev–Trinajstić information content (AvgIpc) is 2.84. The van der Waals surface area contributed by atoms with Crippen LogP contribution in [0.3, 0.4) is 0 Å². The van der Waals surface area contributed by atoms with Gasteiger partial charge in [-0.05, 0) is 66.7 Å². The number of piperazine rings is 1. The fourth-order valence-corrected chi connectivity index (χ4v) is 4.07. The third kappa shape index (κ3) is 5.11. The predicted molar refractivity (Wildman–Crippen MR) is 130 cm³/mol. The Morgan fingerprint density at radius 1 is 0.875 bits per heavy atom. The van der Waals surface area contributed by atoms with Gasteiger partial charge in [0.05, 0.1) is 7.11 Å². The summed E-state index contributed by atoms with van der Waals surface area (Å²) in [6.45, 7) is 2.83. The van der Waals surface area contributed by atoms with E-state index in [4.69, 9.17) is 4.74 Å². The Hall–Kier alpha value is -3.32. The molecule has 1 N–H and O–H groups in total. The fraction of sp³-hybridized carbons (Fsp3) is 0.200. The number of hydrogen-bond acceptors (Lipinski definition) is 4. The monoisotopic (exact) mass is 493 g/mol. The van der Waals surface area contributed by atoms with Crippen LogP contribution in [0.5, 0.6) is 5.75 Å². The Bertz CT molecular complexity index is 1090. The summed E-state index contributed by atoms with van der Waals surface area (Å²) in [7, 11) is 1.61. The Morgan fingerprint density at radius 3 is 2.19 bits per heavy atom. The maximum Gasteiger partial charge on any atom is 0.255 e. The standard InChI is InChI=1S/C25H24BrN3O3/c1-32-23-11-5-18(6-12-23)25(31)29-15-13-28(14-16-29)22-9-7-21(8-10-22)27-24(30)19-3-2-4-20(26)17-19/h2-12,17H,13-16H2,1H3,(H,27,30). The Morgan fingerprint density at radius 2 is 1.56 bits per heavy atom. The lowest BCUT2D eigenvalue weighted by Gasteiger charge is -2.36. The fourth-order valence-electron chi connectivity index (χ4n) is 3.67. The average molecular weight is 494 g/mol. The molecule has 6 nitrogen and oxygen atoms in total. The molecular weight excluding hydrogens is 470 g/mol. The van der Waals surface area contributed by atoms with Crippen molar-refractivity contribution in [1.29, 1.82) is 0 Å². The van der Waals surface area contributed by atoms with Gasteiger partial charge in [0.25, 0.3) is 11.8 Å². The highest BCUT2D eigenvalue weighted by Crippen LogP contribution is 2.21. The third-order valence-corrected chi connectivity index (χ3v) is 5.97. The number of carbonyl (C=O) groups is 2. The maximum absolute atomic E-state index is 12.8. The topological polar surface area (TPSA) is 61.9 Å². The Labute approximate surface area is 195 Å². The van der Waals surface area contributed by atoms with E-state index in [-0.39, 0.29) is 11.8 Å². The first-order chi connectivity index (χ1) is 15.5. The van der Waals surface area contributed by atoms with Crippen molar-refractivity contribution >= 4 is 39.1 Å². The molecule has 0 radical (unpaired) electrons. The lowest BCUT2D eigenvalue weighted by atomic mass is 10.1. The molecule has 2 amide bonds. The quantitative estimate of drug-likeness (QED) is 0.560. The molecule has 0 saturated carbocycles. The molecule has 4 rings (SSSR count). The number of carbonyl (C=O) groups excluding carboxylic acids is 2. The minimum absolute atomic E-state index is 0.0397. The molecule has 0 atom stereocenters. The molecule has 0 unspecified atom stereocenters. The zero-order valence-corrected chi connectivity index (χ0v) is 19.3. The lowest BCUT2D eigenvalue weighted by molar-refractivity contribution is 0.0746. The van der Waals surface area contributed by atoms with Crippen LogP contribution < -0.4 is 15.0 Å². The molecule has 3 aromatic rings. The number of halogens is 1. The highest BCUT2D eigenvalue weighted by molar-refractivity contribution is 9.10. The van der Waals surface area contributed by atoms with Gasteiger partial charge in [0.1, 0.15) is 5.75 Å². The summed E-state index contributed by atoms with van der Waals surface area (Å²) in [4.78, 5) is 29.3. The number of nitrogens with one attached hydrogen (secondary N) is 1. The Balaban J connectivity index is 1.32. The maximum atomic E-state index is 12.8. The van der Waals surface area contributed by atoms with E-state index in [1.807, 2.05) is 41.3 Å². The number of hydrogen-bond donors (Lipinski definition) is 1. The highest BCUT2D eigenvalue weighted by atomic mass is 79.9. The summed E-state index contributed by atoms with van der Waals surface area (Å²) in [5, 5.41) is 2.92. The van der Waals surface area contributed by atoms with Crippen molar-refractivity contribution in [3.05, 3.63) is 88.4 Å². The van der Waals surface area contributed by atoms with Crippen molar-refractivity contribution in [1.82, 2.24) is 4.90 Å². The summed E-state index contributed by atoms with van der Waals surface area (Å²) in [5.74, 6) is 0.630. The van der Waals surface area contributed by atoms with E-state index in [2.05, 4.69) is 26.1 Å². The molecule has 1 aliphatic rings. The van der Waals surface area contributed by atoms with Gasteiger partial charge in [-0.3, -0.25) is 9.59 Å². The van der Waals surface area contributed by atoms with Crippen molar-refractivity contribution < 1.29 is 14.3 Å². The van der Waals surface area contributed by atoms with Gasteiger partial charge in [0, 0.05) is 53.2 Å². The number of methoxy groups -OCH3 is 1. The second-order valence-corrected chi connectivity index (χ2v) is 8.43. The van der Waals surface area contributed by atoms with E-state index in [9.17, 15) is 9.59 Å². The van der Waals surface area contributed by atoms with Gasteiger partial charge in [-0.2, -0.15) is 0 Å². The molecule has 1 aliphatic heterocycles. The van der Waals surface area contributed by atoms with Crippen LogP contribution in [-0.2, 0) is 0 Å². The zero-order chi connectivity index (χ0) is 22.5. The number of nitrogens with zero attached hydrogens (tertiary/aromatic N) is 2. The molecule has 1 heterocycles. The SMILES string of the molecule is COc1ccc(C(=O)N2CCN(c3ccc(NC(=O)c4cccc(Br)c4)cc3)CC2)cc1. The van der Waals surface area contributed by atoms with E-state index in [0.717, 1.165) is 34.7 Å². The van der Waals surface area contributed by atoms with Gasteiger partial charge in [-0.15, -0.1) is 0 Å². The van der Waals surface area contributed by atoms with Gasteiger partial charge < -0.3 is 19.9 Å².